The van der Waals surface area contributed by atoms with Crippen LogP contribution in [0.4, 0.5) is 5.82 Å². The molecule has 1 saturated carbocycles. The average molecular weight is 278 g/mol. The maximum Gasteiger partial charge on any atom is 0.168 e. The fourth-order valence-electron chi connectivity index (χ4n) is 2.89. The van der Waals surface area contributed by atoms with Crippen molar-refractivity contribution in [1.29, 1.82) is 0 Å². The summed E-state index contributed by atoms with van der Waals surface area (Å²) in [4.78, 5) is 4.37. The van der Waals surface area contributed by atoms with Crippen molar-refractivity contribution in [2.45, 2.75) is 45.6 Å². The lowest BCUT2D eigenvalue weighted by molar-refractivity contribution is 0.141. The van der Waals surface area contributed by atoms with Gasteiger partial charge in [-0.1, -0.05) is 12.8 Å². The Morgan fingerprint density at radius 1 is 1.35 bits per heavy atom. The van der Waals surface area contributed by atoms with Gasteiger partial charge in [-0.05, 0) is 50.7 Å². The number of nitrogens with one attached hydrogen (secondary N) is 1. The lowest BCUT2D eigenvalue weighted by Crippen LogP contribution is -2.29. The van der Waals surface area contributed by atoms with Gasteiger partial charge in [-0.3, -0.25) is 0 Å². The highest BCUT2D eigenvalue weighted by molar-refractivity contribution is 5.49. The lowest BCUT2D eigenvalue weighted by Gasteiger charge is -2.30. The number of ether oxygens (including phenoxy) is 1. The third-order valence-corrected chi connectivity index (χ3v) is 3.97. The lowest BCUT2D eigenvalue weighted by atomic mass is 9.79. The van der Waals surface area contributed by atoms with Gasteiger partial charge >= 0.3 is 0 Å². The number of anilines is 1. The summed E-state index contributed by atoms with van der Waals surface area (Å²) < 4.78 is 5.76. The maximum atomic E-state index is 9.46. The molecule has 112 valence electrons. The molecule has 4 heteroatoms. The first-order valence-corrected chi connectivity index (χ1v) is 7.67. The highest BCUT2D eigenvalue weighted by Gasteiger charge is 2.24. The van der Waals surface area contributed by atoms with Crippen molar-refractivity contribution in [3.63, 3.8) is 0 Å². The van der Waals surface area contributed by atoms with Crippen LogP contribution in [0.15, 0.2) is 18.3 Å². The second-order valence-corrected chi connectivity index (χ2v) is 5.88. The predicted octanol–water partition coefficient (Wildman–Crippen LogP) is 3.08. The van der Waals surface area contributed by atoms with Crippen molar-refractivity contribution in [3.05, 3.63) is 18.3 Å². The summed E-state index contributed by atoms with van der Waals surface area (Å²) in [6.07, 6.45) is 6.75. The van der Waals surface area contributed by atoms with E-state index in [0.717, 1.165) is 24.5 Å². The van der Waals surface area contributed by atoms with E-state index >= 15 is 0 Å². The van der Waals surface area contributed by atoms with Crippen molar-refractivity contribution in [3.8, 4) is 5.75 Å². The highest BCUT2D eigenvalue weighted by Crippen LogP contribution is 2.30. The van der Waals surface area contributed by atoms with E-state index in [9.17, 15) is 5.11 Å². The molecule has 0 amide bonds. The van der Waals surface area contributed by atoms with E-state index in [-0.39, 0.29) is 6.10 Å². The predicted molar refractivity (Wildman–Crippen MR) is 81.0 cm³/mol. The fraction of sp³-hybridized carbons (Fsp3) is 0.688. The number of nitrogens with zero attached hydrogens (tertiary/aromatic N) is 1. The second-order valence-electron chi connectivity index (χ2n) is 5.88. The molecule has 20 heavy (non-hydrogen) atoms. The van der Waals surface area contributed by atoms with Gasteiger partial charge in [-0.2, -0.15) is 0 Å². The second kappa shape index (κ2) is 7.48. The van der Waals surface area contributed by atoms with E-state index in [0.29, 0.717) is 18.4 Å². The fourth-order valence-corrected chi connectivity index (χ4v) is 2.89. The Bertz CT molecular complexity index is 409. The molecular weight excluding hydrogens is 252 g/mol. The first-order chi connectivity index (χ1) is 9.70. The Labute approximate surface area is 121 Å². The Kier molecular flexibility index (Phi) is 5.65. The van der Waals surface area contributed by atoms with Crippen LogP contribution in [0.2, 0.25) is 0 Å². The van der Waals surface area contributed by atoms with Crippen LogP contribution < -0.4 is 10.1 Å². The van der Waals surface area contributed by atoms with E-state index in [2.05, 4.69) is 10.3 Å². The molecule has 1 aliphatic carbocycles. The molecular formula is C16H26N2O2. The van der Waals surface area contributed by atoms with Gasteiger partial charge in [-0.25, -0.2) is 4.98 Å². The van der Waals surface area contributed by atoms with Crippen molar-refractivity contribution in [2.24, 2.45) is 11.8 Å². The Balaban J connectivity index is 1.96. The number of hydrogen-bond donors (Lipinski definition) is 2. The van der Waals surface area contributed by atoms with Crippen LogP contribution in [0.3, 0.4) is 0 Å². The van der Waals surface area contributed by atoms with Gasteiger partial charge in [0.25, 0.3) is 0 Å². The molecule has 0 aliphatic heterocycles. The Hall–Kier alpha value is -1.29. The van der Waals surface area contributed by atoms with Gasteiger partial charge in [0.2, 0.25) is 0 Å². The van der Waals surface area contributed by atoms with Gasteiger partial charge in [0.05, 0.1) is 6.10 Å². The minimum Gasteiger partial charge on any atom is -0.487 e. The zero-order valence-electron chi connectivity index (χ0n) is 12.5. The first kappa shape index (κ1) is 15.1. The number of aliphatic hydroxyl groups is 1. The smallest absolute Gasteiger partial charge is 0.168 e. The molecule has 2 N–H and O–H groups in total. The summed E-state index contributed by atoms with van der Waals surface area (Å²) in [5.74, 6) is 2.57. The van der Waals surface area contributed by atoms with Crippen molar-refractivity contribution >= 4 is 5.82 Å². The van der Waals surface area contributed by atoms with Gasteiger partial charge in [0.15, 0.2) is 11.6 Å². The third-order valence-electron chi connectivity index (χ3n) is 3.97. The summed E-state index contributed by atoms with van der Waals surface area (Å²) in [5, 5.41) is 12.9. The molecule has 2 atom stereocenters. The standard InChI is InChI=1S/C16H26N2O2/c1-12(2)20-15-8-5-9-17-16(15)18-10-13-6-3-4-7-14(13)11-19/h5,8-9,12-14,19H,3-4,6-7,10-11H2,1-2H3,(H,17,18). The van der Waals surface area contributed by atoms with Gasteiger partial charge in [0, 0.05) is 19.3 Å². The van der Waals surface area contributed by atoms with Crippen LogP contribution in [0.5, 0.6) is 5.75 Å². The van der Waals surface area contributed by atoms with E-state index in [1.54, 1.807) is 6.20 Å². The maximum absolute atomic E-state index is 9.46. The number of rotatable bonds is 6. The Morgan fingerprint density at radius 2 is 2.10 bits per heavy atom. The largest absolute Gasteiger partial charge is 0.487 e. The minimum atomic E-state index is 0.139. The molecule has 0 aromatic carbocycles. The molecule has 2 rings (SSSR count). The molecule has 4 nitrogen and oxygen atoms in total. The summed E-state index contributed by atoms with van der Waals surface area (Å²) in [7, 11) is 0. The monoisotopic (exact) mass is 278 g/mol. The molecule has 2 unspecified atom stereocenters. The van der Waals surface area contributed by atoms with Crippen LogP contribution in [-0.2, 0) is 0 Å². The average Bonchev–Trinajstić information content (AvgIpc) is 2.46. The molecule has 1 heterocycles. The molecule has 0 saturated heterocycles. The van der Waals surface area contributed by atoms with E-state index in [1.165, 1.54) is 19.3 Å². The number of aliphatic hydroxyl groups excluding tert-OH is 1. The number of aromatic nitrogens is 1. The summed E-state index contributed by atoms with van der Waals surface area (Å²) in [6.45, 7) is 5.18. The van der Waals surface area contributed by atoms with Crippen molar-refractivity contribution < 1.29 is 9.84 Å². The number of hydrogen-bond acceptors (Lipinski definition) is 4. The summed E-state index contributed by atoms with van der Waals surface area (Å²) >= 11 is 0. The van der Waals surface area contributed by atoms with Crippen LogP contribution >= 0.6 is 0 Å². The Morgan fingerprint density at radius 3 is 2.80 bits per heavy atom. The molecule has 0 spiro atoms. The normalized spacial score (nSPS) is 22.8. The van der Waals surface area contributed by atoms with Crippen LogP contribution in [0.25, 0.3) is 0 Å². The molecule has 1 aromatic rings. The SMILES string of the molecule is CC(C)Oc1cccnc1NCC1CCCCC1CO. The molecule has 1 aliphatic rings. The number of pyridine rings is 1. The quantitative estimate of drug-likeness (QED) is 0.839. The highest BCUT2D eigenvalue weighted by atomic mass is 16.5. The summed E-state index contributed by atoms with van der Waals surface area (Å²) in [6, 6.07) is 3.83. The minimum absolute atomic E-state index is 0.139. The topological polar surface area (TPSA) is 54.4 Å². The van der Waals surface area contributed by atoms with E-state index in [1.807, 2.05) is 26.0 Å². The van der Waals surface area contributed by atoms with Gasteiger partial charge in [-0.15, -0.1) is 0 Å². The molecule has 1 fully saturated rings. The third kappa shape index (κ3) is 4.10. The molecule has 1 aromatic heterocycles. The first-order valence-electron chi connectivity index (χ1n) is 7.67. The van der Waals surface area contributed by atoms with E-state index < -0.39 is 0 Å². The summed E-state index contributed by atoms with van der Waals surface area (Å²) in [5.41, 5.74) is 0. The van der Waals surface area contributed by atoms with E-state index in [4.69, 9.17) is 4.74 Å². The molecule has 0 radical (unpaired) electrons. The zero-order valence-corrected chi connectivity index (χ0v) is 12.5. The van der Waals surface area contributed by atoms with Crippen LogP contribution in [0.1, 0.15) is 39.5 Å². The zero-order chi connectivity index (χ0) is 14.4. The van der Waals surface area contributed by atoms with Gasteiger partial charge < -0.3 is 15.2 Å². The molecule has 0 bridgehead atoms. The van der Waals surface area contributed by atoms with Crippen LogP contribution in [0, 0.1) is 11.8 Å². The van der Waals surface area contributed by atoms with Gasteiger partial charge in [0.1, 0.15) is 0 Å². The van der Waals surface area contributed by atoms with Crippen molar-refractivity contribution in [1.82, 2.24) is 4.98 Å². The van der Waals surface area contributed by atoms with Crippen LogP contribution in [-0.4, -0.2) is 29.3 Å². The van der Waals surface area contributed by atoms with Crippen molar-refractivity contribution in [2.75, 3.05) is 18.5 Å².